The second kappa shape index (κ2) is 10.5. The van der Waals surface area contributed by atoms with E-state index in [0.717, 1.165) is 18.4 Å². The van der Waals surface area contributed by atoms with Crippen molar-refractivity contribution in [2.24, 2.45) is 0 Å². The van der Waals surface area contributed by atoms with Gasteiger partial charge < -0.3 is 14.2 Å². The number of imidazole rings is 1. The summed E-state index contributed by atoms with van der Waals surface area (Å²) in [7, 11) is 0. The van der Waals surface area contributed by atoms with Crippen LogP contribution in [0.25, 0.3) is 0 Å². The first-order valence-electron chi connectivity index (χ1n) is 10.5. The van der Waals surface area contributed by atoms with E-state index in [1.165, 1.54) is 0 Å². The van der Waals surface area contributed by atoms with E-state index < -0.39 is 11.5 Å². The number of hydrogen-bond acceptors (Lipinski definition) is 5. The molecular formula is C24H24Cl2N2O4. The Morgan fingerprint density at radius 1 is 1.16 bits per heavy atom. The molecule has 3 atom stereocenters. The lowest BCUT2D eigenvalue weighted by Gasteiger charge is -2.36. The summed E-state index contributed by atoms with van der Waals surface area (Å²) in [6.45, 7) is 0.158. The van der Waals surface area contributed by atoms with Crippen LogP contribution in [0.3, 0.4) is 0 Å². The molecule has 0 radical (unpaired) electrons. The topological polar surface area (TPSA) is 62.6 Å². The molecular weight excluding hydrogens is 451 g/mol. The lowest BCUT2D eigenvalue weighted by Crippen LogP contribution is -2.41. The first-order valence-corrected chi connectivity index (χ1v) is 11.2. The SMILES string of the molecule is O=C(OCC1CCCC(OC(Cl)(Cc2ccc(Cl)cc2)n2ccnc2)O1)c1ccccc1. The van der Waals surface area contributed by atoms with Crippen molar-refractivity contribution >= 4 is 29.2 Å². The summed E-state index contributed by atoms with van der Waals surface area (Å²) in [4.78, 5) is 16.3. The molecule has 1 saturated heterocycles. The number of rotatable bonds is 8. The Kier molecular flexibility index (Phi) is 7.48. The molecule has 8 heteroatoms. The lowest BCUT2D eigenvalue weighted by atomic mass is 10.1. The van der Waals surface area contributed by atoms with Gasteiger partial charge in [0.05, 0.1) is 18.0 Å². The standard InChI is InChI=1S/C24H24Cl2N2O4/c25-20-11-9-18(10-12-20)15-24(26,28-14-13-27-17-28)32-22-8-4-7-21(31-22)16-30-23(29)19-5-2-1-3-6-19/h1-3,5-6,9-14,17,21-22H,4,7-8,15-16H2. The van der Waals surface area contributed by atoms with Gasteiger partial charge in [0.25, 0.3) is 0 Å². The van der Waals surface area contributed by atoms with Crippen LogP contribution in [0, 0.1) is 0 Å². The normalized spacial score (nSPS) is 20.4. The number of nitrogens with zero attached hydrogens (tertiary/aromatic N) is 2. The zero-order chi connectivity index (χ0) is 22.4. The number of aromatic nitrogens is 2. The van der Waals surface area contributed by atoms with Crippen molar-refractivity contribution < 1.29 is 19.0 Å². The summed E-state index contributed by atoms with van der Waals surface area (Å²) in [6.07, 6.45) is 6.93. The van der Waals surface area contributed by atoms with Crippen LogP contribution in [-0.4, -0.2) is 34.5 Å². The van der Waals surface area contributed by atoms with Crippen LogP contribution >= 0.6 is 23.2 Å². The van der Waals surface area contributed by atoms with E-state index in [0.29, 0.717) is 23.4 Å². The third-order valence-electron chi connectivity index (χ3n) is 5.26. The van der Waals surface area contributed by atoms with Crippen LogP contribution < -0.4 is 0 Å². The average molecular weight is 475 g/mol. The first-order chi connectivity index (χ1) is 15.5. The Labute approximate surface area is 197 Å². The van der Waals surface area contributed by atoms with Crippen molar-refractivity contribution in [2.45, 2.75) is 43.3 Å². The average Bonchev–Trinajstić information content (AvgIpc) is 3.36. The van der Waals surface area contributed by atoms with Crippen molar-refractivity contribution in [3.05, 3.63) is 89.5 Å². The third kappa shape index (κ3) is 5.90. The second-order valence-corrected chi connectivity index (χ2v) is 8.69. The fourth-order valence-electron chi connectivity index (χ4n) is 3.60. The monoisotopic (exact) mass is 474 g/mol. The third-order valence-corrected chi connectivity index (χ3v) is 5.93. The minimum absolute atomic E-state index is 0.158. The molecule has 0 aliphatic carbocycles. The van der Waals surface area contributed by atoms with E-state index in [1.54, 1.807) is 47.6 Å². The number of ether oxygens (including phenoxy) is 3. The minimum atomic E-state index is -1.22. The number of carbonyl (C=O) groups excluding carboxylic acids is 1. The largest absolute Gasteiger partial charge is 0.459 e. The van der Waals surface area contributed by atoms with Crippen LogP contribution in [0.4, 0.5) is 0 Å². The molecule has 3 aromatic rings. The highest BCUT2D eigenvalue weighted by Gasteiger charge is 2.36. The molecule has 168 valence electrons. The Morgan fingerprint density at radius 3 is 2.66 bits per heavy atom. The van der Waals surface area contributed by atoms with Gasteiger partial charge in [0.2, 0.25) is 5.18 Å². The molecule has 6 nitrogen and oxygen atoms in total. The number of alkyl halides is 1. The maximum absolute atomic E-state index is 12.2. The van der Waals surface area contributed by atoms with Crippen LogP contribution in [0.5, 0.6) is 0 Å². The highest BCUT2D eigenvalue weighted by atomic mass is 35.5. The van der Waals surface area contributed by atoms with Gasteiger partial charge in [-0.1, -0.05) is 53.5 Å². The molecule has 1 aromatic heterocycles. The Bertz CT molecular complexity index is 999. The summed E-state index contributed by atoms with van der Waals surface area (Å²) >= 11 is 13.0. The molecule has 0 N–H and O–H groups in total. The summed E-state index contributed by atoms with van der Waals surface area (Å²) in [5, 5.41) is -0.571. The van der Waals surface area contributed by atoms with Crippen LogP contribution in [0.1, 0.15) is 35.2 Å². The molecule has 1 aliphatic rings. The van der Waals surface area contributed by atoms with E-state index in [4.69, 9.17) is 37.4 Å². The van der Waals surface area contributed by atoms with Gasteiger partial charge in [-0.3, -0.25) is 4.57 Å². The van der Waals surface area contributed by atoms with E-state index in [9.17, 15) is 4.79 Å². The van der Waals surface area contributed by atoms with E-state index in [1.807, 2.05) is 30.3 Å². The van der Waals surface area contributed by atoms with E-state index in [2.05, 4.69) is 4.98 Å². The van der Waals surface area contributed by atoms with Gasteiger partial charge in [-0.25, -0.2) is 9.78 Å². The molecule has 0 saturated carbocycles. The number of hydrogen-bond donors (Lipinski definition) is 0. The molecule has 2 aromatic carbocycles. The Balaban J connectivity index is 1.39. The number of benzene rings is 2. The van der Waals surface area contributed by atoms with Crippen molar-refractivity contribution in [2.75, 3.05) is 6.61 Å². The van der Waals surface area contributed by atoms with Gasteiger partial charge >= 0.3 is 5.97 Å². The van der Waals surface area contributed by atoms with Gasteiger partial charge in [-0.15, -0.1) is 0 Å². The molecule has 1 aliphatic heterocycles. The minimum Gasteiger partial charge on any atom is -0.459 e. The van der Waals surface area contributed by atoms with Crippen molar-refractivity contribution in [3.63, 3.8) is 0 Å². The maximum Gasteiger partial charge on any atom is 0.338 e. The summed E-state index contributed by atoms with van der Waals surface area (Å²) < 4.78 is 19.5. The quantitative estimate of drug-likeness (QED) is 0.323. The highest BCUT2D eigenvalue weighted by molar-refractivity contribution is 6.30. The fourth-order valence-corrected chi connectivity index (χ4v) is 4.08. The van der Waals surface area contributed by atoms with Crippen molar-refractivity contribution in [1.82, 2.24) is 9.55 Å². The number of carbonyl (C=O) groups is 1. The first kappa shape index (κ1) is 22.8. The fraction of sp³-hybridized carbons (Fsp3) is 0.333. The van der Waals surface area contributed by atoms with E-state index >= 15 is 0 Å². The summed E-state index contributed by atoms with van der Waals surface area (Å²) in [5.41, 5.74) is 1.47. The number of halogens is 2. The molecule has 0 bridgehead atoms. The molecule has 1 fully saturated rings. The smallest absolute Gasteiger partial charge is 0.338 e. The molecule has 0 spiro atoms. The Hall–Kier alpha value is -2.38. The molecule has 2 heterocycles. The van der Waals surface area contributed by atoms with Gasteiger partial charge in [0.15, 0.2) is 6.29 Å². The van der Waals surface area contributed by atoms with Crippen molar-refractivity contribution in [1.29, 1.82) is 0 Å². The predicted octanol–water partition coefficient (Wildman–Crippen LogP) is 5.40. The van der Waals surface area contributed by atoms with Crippen LogP contribution in [-0.2, 0) is 25.8 Å². The van der Waals surface area contributed by atoms with E-state index in [-0.39, 0.29) is 18.7 Å². The molecule has 4 rings (SSSR count). The molecule has 32 heavy (non-hydrogen) atoms. The van der Waals surface area contributed by atoms with Gasteiger partial charge in [0, 0.05) is 23.8 Å². The highest BCUT2D eigenvalue weighted by Crippen LogP contribution is 2.34. The number of esters is 1. The molecule has 0 amide bonds. The zero-order valence-electron chi connectivity index (χ0n) is 17.4. The zero-order valence-corrected chi connectivity index (χ0v) is 18.9. The van der Waals surface area contributed by atoms with Crippen LogP contribution in [0.15, 0.2) is 73.3 Å². The van der Waals surface area contributed by atoms with Crippen molar-refractivity contribution in [3.8, 4) is 0 Å². The Morgan fingerprint density at radius 2 is 1.94 bits per heavy atom. The lowest BCUT2D eigenvalue weighted by molar-refractivity contribution is -0.248. The van der Waals surface area contributed by atoms with Gasteiger partial charge in [-0.05, 0) is 49.1 Å². The summed E-state index contributed by atoms with van der Waals surface area (Å²) in [5.74, 6) is -0.370. The maximum atomic E-state index is 12.2. The molecule has 3 unspecified atom stereocenters. The summed E-state index contributed by atoms with van der Waals surface area (Å²) in [6, 6.07) is 16.3. The van der Waals surface area contributed by atoms with Gasteiger partial charge in [-0.2, -0.15) is 0 Å². The van der Waals surface area contributed by atoms with Crippen LogP contribution in [0.2, 0.25) is 5.02 Å². The second-order valence-electron chi connectivity index (χ2n) is 7.66. The van der Waals surface area contributed by atoms with Gasteiger partial charge in [0.1, 0.15) is 6.61 Å². The predicted molar refractivity (Wildman–Crippen MR) is 122 cm³/mol.